The minimum Gasteiger partial charge on any atom is -0.383 e. The minimum absolute atomic E-state index is 0.430. The van der Waals surface area contributed by atoms with E-state index < -0.39 is 0 Å². The molecule has 1 saturated heterocycles. The lowest BCUT2D eigenvalue weighted by Gasteiger charge is -2.29. The fraction of sp³-hybridized carbons (Fsp3) is 0.625. The fourth-order valence-electron chi connectivity index (χ4n) is 2.43. The quantitative estimate of drug-likeness (QED) is 0.827. The summed E-state index contributed by atoms with van der Waals surface area (Å²) in [6, 6.07) is 9.26. The third-order valence-corrected chi connectivity index (χ3v) is 3.77. The highest BCUT2D eigenvalue weighted by Gasteiger charge is 2.11. The Morgan fingerprint density at radius 2 is 1.95 bits per heavy atom. The molecule has 0 bridgehead atoms. The number of rotatable bonds is 7. The summed E-state index contributed by atoms with van der Waals surface area (Å²) in [7, 11) is 1.75. The van der Waals surface area contributed by atoms with Gasteiger partial charge in [-0.25, -0.2) is 0 Å². The third kappa shape index (κ3) is 4.47. The first-order valence-corrected chi connectivity index (χ1v) is 7.47. The predicted octanol–water partition coefficient (Wildman–Crippen LogP) is 2.04. The molecule has 1 atom stereocenters. The largest absolute Gasteiger partial charge is 0.383 e. The number of ether oxygens (including phenoxy) is 2. The average molecular weight is 278 g/mol. The van der Waals surface area contributed by atoms with E-state index in [2.05, 4.69) is 41.4 Å². The molecular weight excluding hydrogens is 252 g/mol. The Morgan fingerprint density at radius 1 is 1.25 bits per heavy atom. The molecule has 1 aliphatic heterocycles. The topological polar surface area (TPSA) is 33.7 Å². The van der Waals surface area contributed by atoms with E-state index in [4.69, 9.17) is 9.47 Å². The molecule has 112 valence electrons. The van der Waals surface area contributed by atoms with Crippen LogP contribution in [0.3, 0.4) is 0 Å². The summed E-state index contributed by atoms with van der Waals surface area (Å²) >= 11 is 0. The van der Waals surface area contributed by atoms with Crippen molar-refractivity contribution < 1.29 is 9.47 Å². The van der Waals surface area contributed by atoms with Gasteiger partial charge in [-0.3, -0.25) is 0 Å². The molecule has 1 fully saturated rings. The Morgan fingerprint density at radius 3 is 2.55 bits per heavy atom. The zero-order chi connectivity index (χ0) is 14.2. The van der Waals surface area contributed by atoms with Crippen LogP contribution in [0.5, 0.6) is 0 Å². The third-order valence-electron chi connectivity index (χ3n) is 3.77. The molecule has 1 unspecified atom stereocenters. The van der Waals surface area contributed by atoms with Crippen molar-refractivity contribution in [1.82, 2.24) is 5.32 Å². The van der Waals surface area contributed by atoms with Crippen LogP contribution in [0.4, 0.5) is 5.69 Å². The Balaban J connectivity index is 1.84. The molecule has 0 saturated carbocycles. The number of benzene rings is 1. The molecule has 4 nitrogen and oxygen atoms in total. The van der Waals surface area contributed by atoms with Gasteiger partial charge in [-0.1, -0.05) is 19.1 Å². The number of anilines is 1. The first kappa shape index (κ1) is 15.3. The molecule has 0 aliphatic carbocycles. The molecule has 1 heterocycles. The molecule has 4 heteroatoms. The monoisotopic (exact) mass is 278 g/mol. The molecule has 1 aliphatic rings. The van der Waals surface area contributed by atoms with Crippen LogP contribution in [0.2, 0.25) is 0 Å². The van der Waals surface area contributed by atoms with Gasteiger partial charge in [0.1, 0.15) is 0 Å². The maximum absolute atomic E-state index is 5.38. The number of nitrogens with zero attached hydrogens (tertiary/aromatic N) is 1. The summed E-state index contributed by atoms with van der Waals surface area (Å²) in [6.45, 7) is 7.48. The number of hydrogen-bond acceptors (Lipinski definition) is 4. The Hall–Kier alpha value is -1.10. The van der Waals surface area contributed by atoms with Crippen molar-refractivity contribution >= 4 is 5.69 Å². The fourth-order valence-corrected chi connectivity index (χ4v) is 2.43. The summed E-state index contributed by atoms with van der Waals surface area (Å²) in [6.07, 6.45) is 1.08. The van der Waals surface area contributed by atoms with Gasteiger partial charge >= 0.3 is 0 Å². The standard InChI is InChI=1S/C16H26N2O2/c1-3-15(13-19-2)17-12-14-4-6-16(7-5-14)18-8-10-20-11-9-18/h4-7,15,17H,3,8-13H2,1-2H3. The van der Waals surface area contributed by atoms with E-state index >= 15 is 0 Å². The van der Waals surface area contributed by atoms with E-state index in [1.165, 1.54) is 11.3 Å². The van der Waals surface area contributed by atoms with Crippen LogP contribution >= 0.6 is 0 Å². The van der Waals surface area contributed by atoms with E-state index in [1.54, 1.807) is 7.11 Å². The molecule has 0 radical (unpaired) electrons. The number of nitrogens with one attached hydrogen (secondary N) is 1. The minimum atomic E-state index is 0.430. The van der Waals surface area contributed by atoms with Crippen LogP contribution in [0.25, 0.3) is 0 Å². The van der Waals surface area contributed by atoms with E-state index in [1.807, 2.05) is 0 Å². The molecular formula is C16H26N2O2. The van der Waals surface area contributed by atoms with Gasteiger partial charge < -0.3 is 19.7 Å². The van der Waals surface area contributed by atoms with Crippen LogP contribution < -0.4 is 10.2 Å². The first-order valence-electron chi connectivity index (χ1n) is 7.47. The van der Waals surface area contributed by atoms with Gasteiger partial charge in [0.15, 0.2) is 0 Å². The molecule has 0 amide bonds. The molecule has 20 heavy (non-hydrogen) atoms. The number of methoxy groups -OCH3 is 1. The maximum atomic E-state index is 5.38. The molecule has 0 aromatic heterocycles. The number of hydrogen-bond donors (Lipinski definition) is 1. The van der Waals surface area contributed by atoms with Crippen molar-refractivity contribution in [2.45, 2.75) is 25.9 Å². The Labute approximate surface area is 122 Å². The smallest absolute Gasteiger partial charge is 0.0642 e. The molecule has 1 N–H and O–H groups in total. The van der Waals surface area contributed by atoms with E-state index in [0.717, 1.165) is 45.9 Å². The van der Waals surface area contributed by atoms with Gasteiger partial charge in [0.05, 0.1) is 19.8 Å². The maximum Gasteiger partial charge on any atom is 0.0642 e. The van der Waals surface area contributed by atoms with E-state index in [9.17, 15) is 0 Å². The summed E-state index contributed by atoms with van der Waals surface area (Å²) in [5.41, 5.74) is 2.61. The zero-order valence-corrected chi connectivity index (χ0v) is 12.6. The first-order chi connectivity index (χ1) is 9.83. The molecule has 1 aromatic carbocycles. The van der Waals surface area contributed by atoms with Crippen molar-refractivity contribution in [2.24, 2.45) is 0 Å². The second-order valence-corrected chi connectivity index (χ2v) is 5.21. The highest BCUT2D eigenvalue weighted by molar-refractivity contribution is 5.47. The van der Waals surface area contributed by atoms with Gasteiger partial charge in [-0.05, 0) is 24.1 Å². The summed E-state index contributed by atoms with van der Waals surface area (Å²) < 4.78 is 10.6. The van der Waals surface area contributed by atoms with Crippen LogP contribution in [0.15, 0.2) is 24.3 Å². The highest BCUT2D eigenvalue weighted by atomic mass is 16.5. The van der Waals surface area contributed by atoms with Crippen molar-refractivity contribution in [3.05, 3.63) is 29.8 Å². The predicted molar refractivity (Wildman–Crippen MR) is 82.3 cm³/mol. The lowest BCUT2D eigenvalue weighted by molar-refractivity contribution is 0.122. The van der Waals surface area contributed by atoms with Gasteiger partial charge in [0.25, 0.3) is 0 Å². The number of morpholine rings is 1. The van der Waals surface area contributed by atoms with Crippen LogP contribution in [-0.2, 0) is 16.0 Å². The zero-order valence-electron chi connectivity index (χ0n) is 12.6. The van der Waals surface area contributed by atoms with Crippen LogP contribution in [-0.4, -0.2) is 46.1 Å². The Kier molecular flexibility index (Phi) is 6.30. The van der Waals surface area contributed by atoms with Crippen LogP contribution in [0, 0.1) is 0 Å². The van der Waals surface area contributed by atoms with Crippen molar-refractivity contribution in [3.63, 3.8) is 0 Å². The van der Waals surface area contributed by atoms with Gasteiger partial charge in [0, 0.05) is 38.5 Å². The SMILES string of the molecule is CCC(COC)NCc1ccc(N2CCOCC2)cc1. The van der Waals surface area contributed by atoms with E-state index in [0.29, 0.717) is 6.04 Å². The molecule has 1 aromatic rings. The van der Waals surface area contributed by atoms with Crippen molar-refractivity contribution in [1.29, 1.82) is 0 Å². The van der Waals surface area contributed by atoms with Crippen molar-refractivity contribution in [2.75, 3.05) is 44.9 Å². The average Bonchev–Trinajstić information content (AvgIpc) is 2.53. The second kappa shape index (κ2) is 8.25. The van der Waals surface area contributed by atoms with Crippen LogP contribution in [0.1, 0.15) is 18.9 Å². The lowest BCUT2D eigenvalue weighted by Crippen LogP contribution is -2.36. The van der Waals surface area contributed by atoms with E-state index in [-0.39, 0.29) is 0 Å². The highest BCUT2D eigenvalue weighted by Crippen LogP contribution is 2.16. The van der Waals surface area contributed by atoms with Gasteiger partial charge in [-0.2, -0.15) is 0 Å². The summed E-state index contributed by atoms with van der Waals surface area (Å²) in [5.74, 6) is 0. The van der Waals surface area contributed by atoms with Crippen molar-refractivity contribution in [3.8, 4) is 0 Å². The second-order valence-electron chi connectivity index (χ2n) is 5.21. The summed E-state index contributed by atoms with van der Waals surface area (Å²) in [5, 5.41) is 3.53. The molecule has 0 spiro atoms. The molecule has 2 rings (SSSR count). The lowest BCUT2D eigenvalue weighted by atomic mass is 10.1. The normalized spacial score (nSPS) is 17.2. The summed E-state index contributed by atoms with van der Waals surface area (Å²) in [4.78, 5) is 2.38. The van der Waals surface area contributed by atoms with Gasteiger partial charge in [0.2, 0.25) is 0 Å². The van der Waals surface area contributed by atoms with Gasteiger partial charge in [-0.15, -0.1) is 0 Å². The Bertz CT molecular complexity index is 375.